The zero-order valence-corrected chi connectivity index (χ0v) is 7.33. The van der Waals surface area contributed by atoms with Crippen molar-refractivity contribution in [2.75, 3.05) is 0 Å². The fourth-order valence-corrected chi connectivity index (χ4v) is 1.02. The molecule has 4 heteroatoms. The van der Waals surface area contributed by atoms with Gasteiger partial charge in [-0.2, -0.15) is 4.73 Å². The topological polar surface area (TPSA) is 49.1 Å². The van der Waals surface area contributed by atoms with Gasteiger partial charge in [-0.25, -0.2) is 4.98 Å². The Morgan fingerprint density at radius 2 is 2.14 bits per heavy atom. The van der Waals surface area contributed by atoms with Crippen LogP contribution in [0.4, 0.5) is 0 Å². The molecular formula is C10H8N2O2. The van der Waals surface area contributed by atoms with E-state index in [0.717, 1.165) is 0 Å². The smallest absolute Gasteiger partial charge is 0.223 e. The predicted octanol–water partition coefficient (Wildman–Crippen LogP) is 1.51. The maximum absolute atomic E-state index is 10.9. The van der Waals surface area contributed by atoms with Crippen molar-refractivity contribution in [3.8, 4) is 11.6 Å². The Balaban J connectivity index is 2.19. The quantitative estimate of drug-likeness (QED) is 0.530. The number of nitrogens with zero attached hydrogens (tertiary/aromatic N) is 2. The maximum Gasteiger partial charge on any atom is 0.223 e. The summed E-state index contributed by atoms with van der Waals surface area (Å²) < 4.78 is 6.01. The van der Waals surface area contributed by atoms with Crippen LogP contribution in [0.1, 0.15) is 0 Å². The lowest BCUT2D eigenvalue weighted by atomic mass is 10.4. The van der Waals surface area contributed by atoms with Crippen LogP contribution < -0.4 is 9.47 Å². The van der Waals surface area contributed by atoms with E-state index in [4.69, 9.17) is 4.74 Å². The second-order valence-corrected chi connectivity index (χ2v) is 2.67. The molecule has 0 unspecified atom stereocenters. The molecule has 0 atom stereocenters. The van der Waals surface area contributed by atoms with Gasteiger partial charge in [-0.05, 0) is 12.1 Å². The Hall–Kier alpha value is -2.10. The molecule has 0 aromatic carbocycles. The molecule has 70 valence electrons. The number of hydrogen-bond acceptors (Lipinski definition) is 3. The Morgan fingerprint density at radius 3 is 2.86 bits per heavy atom. The third-order valence-electron chi connectivity index (χ3n) is 1.61. The zero-order chi connectivity index (χ0) is 9.80. The van der Waals surface area contributed by atoms with Crippen LogP contribution in [-0.2, 0) is 0 Å². The number of aromatic nitrogens is 2. The summed E-state index contributed by atoms with van der Waals surface area (Å²) in [6.45, 7) is 0. The molecule has 0 aliphatic heterocycles. The fourth-order valence-electron chi connectivity index (χ4n) is 1.02. The first kappa shape index (κ1) is 8.50. The van der Waals surface area contributed by atoms with Gasteiger partial charge < -0.3 is 9.94 Å². The van der Waals surface area contributed by atoms with E-state index in [0.29, 0.717) is 16.4 Å². The lowest BCUT2D eigenvalue weighted by Gasteiger charge is -2.02. The Bertz CT molecular complexity index is 417. The Kier molecular flexibility index (Phi) is 2.27. The van der Waals surface area contributed by atoms with Crippen LogP contribution >= 0.6 is 0 Å². The van der Waals surface area contributed by atoms with Crippen LogP contribution in [0.3, 0.4) is 0 Å². The average molecular weight is 188 g/mol. The molecule has 0 aliphatic rings. The second kappa shape index (κ2) is 3.74. The molecule has 4 nitrogen and oxygen atoms in total. The molecule has 14 heavy (non-hydrogen) atoms. The van der Waals surface area contributed by atoms with E-state index in [1.807, 2.05) is 6.07 Å². The minimum absolute atomic E-state index is 0.471. The third kappa shape index (κ3) is 1.98. The molecule has 0 amide bonds. The van der Waals surface area contributed by atoms with Gasteiger partial charge in [-0.1, -0.05) is 6.07 Å². The highest BCUT2D eigenvalue weighted by atomic mass is 16.5. The molecule has 0 bridgehead atoms. The van der Waals surface area contributed by atoms with E-state index in [2.05, 4.69) is 4.98 Å². The minimum atomic E-state index is 0.471. The van der Waals surface area contributed by atoms with Gasteiger partial charge >= 0.3 is 0 Å². The molecule has 2 heterocycles. The highest BCUT2D eigenvalue weighted by Gasteiger charge is 1.99. The van der Waals surface area contributed by atoms with Gasteiger partial charge in [-0.3, -0.25) is 0 Å². The molecule has 0 spiro atoms. The molecule has 0 radical (unpaired) electrons. The molecule has 2 aromatic rings. The van der Waals surface area contributed by atoms with Crippen LogP contribution in [-0.4, -0.2) is 4.98 Å². The van der Waals surface area contributed by atoms with Crippen LogP contribution in [0.5, 0.6) is 11.6 Å². The molecule has 0 saturated heterocycles. The van der Waals surface area contributed by atoms with E-state index >= 15 is 0 Å². The summed E-state index contributed by atoms with van der Waals surface area (Å²) in [5.41, 5.74) is 0. The van der Waals surface area contributed by atoms with Gasteiger partial charge in [0.25, 0.3) is 0 Å². The molecular weight excluding hydrogens is 180 g/mol. The maximum atomic E-state index is 10.9. The summed E-state index contributed by atoms with van der Waals surface area (Å²) in [5.74, 6) is 0.944. The van der Waals surface area contributed by atoms with Crippen molar-refractivity contribution in [1.29, 1.82) is 0 Å². The van der Waals surface area contributed by atoms with Crippen molar-refractivity contribution >= 4 is 0 Å². The van der Waals surface area contributed by atoms with E-state index in [-0.39, 0.29) is 0 Å². The summed E-state index contributed by atoms with van der Waals surface area (Å²) in [5, 5.41) is 10.9. The van der Waals surface area contributed by atoms with Gasteiger partial charge in [0.2, 0.25) is 12.1 Å². The summed E-state index contributed by atoms with van der Waals surface area (Å²) in [7, 11) is 0. The first-order valence-electron chi connectivity index (χ1n) is 4.12. The number of hydrogen-bond donors (Lipinski definition) is 0. The molecule has 0 aliphatic carbocycles. The monoisotopic (exact) mass is 188 g/mol. The summed E-state index contributed by atoms with van der Waals surface area (Å²) >= 11 is 0. The zero-order valence-electron chi connectivity index (χ0n) is 7.33. The van der Waals surface area contributed by atoms with Crippen molar-refractivity contribution in [2.45, 2.75) is 0 Å². The minimum Gasteiger partial charge on any atom is -0.619 e. The van der Waals surface area contributed by atoms with Crippen molar-refractivity contribution < 1.29 is 9.47 Å². The van der Waals surface area contributed by atoms with Gasteiger partial charge in [0.05, 0.1) is 0 Å². The Labute approximate surface area is 81.0 Å². The largest absolute Gasteiger partial charge is 0.619 e. The van der Waals surface area contributed by atoms with Crippen molar-refractivity contribution in [3.05, 3.63) is 54.1 Å². The van der Waals surface area contributed by atoms with Crippen LogP contribution in [0, 0.1) is 5.21 Å². The van der Waals surface area contributed by atoms with Crippen LogP contribution in [0.2, 0.25) is 0 Å². The van der Waals surface area contributed by atoms with Crippen molar-refractivity contribution in [2.24, 2.45) is 0 Å². The summed E-state index contributed by atoms with van der Waals surface area (Å²) in [6.07, 6.45) is 4.36. The number of rotatable bonds is 2. The van der Waals surface area contributed by atoms with E-state index in [1.54, 1.807) is 30.5 Å². The molecule has 0 fully saturated rings. The van der Waals surface area contributed by atoms with Crippen LogP contribution in [0.25, 0.3) is 0 Å². The van der Waals surface area contributed by atoms with E-state index < -0.39 is 0 Å². The number of pyridine rings is 2. The summed E-state index contributed by atoms with van der Waals surface area (Å²) in [6, 6.07) is 8.65. The first-order valence-corrected chi connectivity index (χ1v) is 4.12. The van der Waals surface area contributed by atoms with E-state index in [1.165, 1.54) is 12.4 Å². The lowest BCUT2D eigenvalue weighted by molar-refractivity contribution is -0.605. The third-order valence-corrected chi connectivity index (χ3v) is 1.61. The summed E-state index contributed by atoms with van der Waals surface area (Å²) in [4.78, 5) is 3.97. The fraction of sp³-hybridized carbons (Fsp3) is 0. The van der Waals surface area contributed by atoms with Gasteiger partial charge in [0.15, 0.2) is 11.9 Å². The highest BCUT2D eigenvalue weighted by Crippen LogP contribution is 2.15. The highest BCUT2D eigenvalue weighted by molar-refractivity contribution is 5.21. The van der Waals surface area contributed by atoms with Crippen molar-refractivity contribution in [3.63, 3.8) is 0 Å². The predicted molar refractivity (Wildman–Crippen MR) is 49.7 cm³/mol. The SMILES string of the molecule is [O-][n+]1cccc(Oc2ccccn2)c1. The normalized spacial score (nSPS) is 9.71. The first-order chi connectivity index (χ1) is 6.84. The Morgan fingerprint density at radius 1 is 1.21 bits per heavy atom. The van der Waals surface area contributed by atoms with Crippen molar-refractivity contribution in [1.82, 2.24) is 4.98 Å². The molecule has 2 aromatic heterocycles. The van der Waals surface area contributed by atoms with Gasteiger partial charge in [0, 0.05) is 18.3 Å². The standard InChI is InChI=1S/C10H8N2O2/c13-12-7-3-4-9(8-12)14-10-5-1-2-6-11-10/h1-8H. The number of ether oxygens (including phenoxy) is 1. The molecule has 0 N–H and O–H groups in total. The van der Waals surface area contributed by atoms with Gasteiger partial charge in [0.1, 0.15) is 0 Å². The molecule has 0 saturated carbocycles. The average Bonchev–Trinajstić information content (AvgIpc) is 2.19. The second-order valence-electron chi connectivity index (χ2n) is 2.67. The lowest BCUT2D eigenvalue weighted by Crippen LogP contribution is -2.23. The molecule has 2 rings (SSSR count). The van der Waals surface area contributed by atoms with Crippen LogP contribution in [0.15, 0.2) is 48.9 Å². The van der Waals surface area contributed by atoms with Gasteiger partial charge in [-0.15, -0.1) is 0 Å². The van der Waals surface area contributed by atoms with E-state index in [9.17, 15) is 5.21 Å².